The van der Waals surface area contributed by atoms with Crippen molar-refractivity contribution in [2.45, 2.75) is 24.1 Å². The van der Waals surface area contributed by atoms with Gasteiger partial charge in [-0.1, -0.05) is 6.07 Å². The number of sulfonamides is 1. The molecule has 1 fully saturated rings. The van der Waals surface area contributed by atoms with Crippen molar-refractivity contribution in [3.63, 3.8) is 0 Å². The predicted octanol–water partition coefficient (Wildman–Crippen LogP) is 3.20. The molecule has 2 aliphatic rings. The highest BCUT2D eigenvalue weighted by molar-refractivity contribution is 7.89. The van der Waals surface area contributed by atoms with E-state index in [0.29, 0.717) is 17.0 Å². The van der Waals surface area contributed by atoms with E-state index in [4.69, 9.17) is 4.74 Å². The number of rotatable bonds is 5. The molecule has 0 radical (unpaired) electrons. The minimum absolute atomic E-state index is 0.0356. The van der Waals surface area contributed by atoms with E-state index in [1.165, 1.54) is 18.2 Å². The number of carbonyl (C=O) groups excluding carboxylic acids is 2. The standard InChI is InChI=1S/C21H19F3N2O6S/c22-21(23,24)32-15-2-1-3-16(11-15)33(29,30)26-8-6-13(7-9-26)20(28)14-4-5-18-17(10-14)25-19(27)12-31-18/h1-5,10-11,13H,6-9,12H2,(H,25,27). The first-order valence-electron chi connectivity index (χ1n) is 10.00. The summed E-state index contributed by atoms with van der Waals surface area (Å²) in [5, 5.41) is 2.64. The van der Waals surface area contributed by atoms with Gasteiger partial charge in [0.2, 0.25) is 10.0 Å². The Morgan fingerprint density at radius 2 is 1.85 bits per heavy atom. The molecule has 2 aliphatic heterocycles. The lowest BCUT2D eigenvalue weighted by Crippen LogP contribution is -2.40. The van der Waals surface area contributed by atoms with Crippen LogP contribution in [-0.2, 0) is 14.8 Å². The SMILES string of the molecule is O=C1COc2ccc(C(=O)C3CCN(S(=O)(=O)c4cccc(OC(F)(F)F)c4)CC3)cc2N1. The first-order chi connectivity index (χ1) is 15.5. The Morgan fingerprint density at radius 1 is 1.12 bits per heavy atom. The molecule has 2 aromatic carbocycles. The summed E-state index contributed by atoms with van der Waals surface area (Å²) in [6.07, 6.45) is -4.44. The summed E-state index contributed by atoms with van der Waals surface area (Å²) in [7, 11) is -4.06. The summed E-state index contributed by atoms with van der Waals surface area (Å²) >= 11 is 0. The molecule has 33 heavy (non-hydrogen) atoms. The molecule has 0 unspecified atom stereocenters. The second kappa shape index (κ2) is 8.67. The van der Waals surface area contributed by atoms with Crippen LogP contribution >= 0.6 is 0 Å². The molecule has 4 rings (SSSR count). The maximum Gasteiger partial charge on any atom is 0.573 e. The highest BCUT2D eigenvalue weighted by Gasteiger charge is 2.34. The fourth-order valence-corrected chi connectivity index (χ4v) is 5.32. The van der Waals surface area contributed by atoms with Gasteiger partial charge in [0.25, 0.3) is 5.91 Å². The topological polar surface area (TPSA) is 102 Å². The molecule has 0 bridgehead atoms. The number of piperidine rings is 1. The van der Waals surface area contributed by atoms with E-state index in [-0.39, 0.29) is 49.1 Å². The zero-order valence-corrected chi connectivity index (χ0v) is 17.9. The monoisotopic (exact) mass is 484 g/mol. The van der Waals surface area contributed by atoms with Crippen LogP contribution in [0.1, 0.15) is 23.2 Å². The minimum Gasteiger partial charge on any atom is -0.482 e. The molecule has 0 aliphatic carbocycles. The van der Waals surface area contributed by atoms with Gasteiger partial charge in [-0.25, -0.2) is 8.42 Å². The Morgan fingerprint density at radius 3 is 2.55 bits per heavy atom. The number of benzene rings is 2. The number of ether oxygens (including phenoxy) is 2. The van der Waals surface area contributed by atoms with Crippen molar-refractivity contribution in [3.05, 3.63) is 48.0 Å². The lowest BCUT2D eigenvalue weighted by molar-refractivity contribution is -0.274. The van der Waals surface area contributed by atoms with Gasteiger partial charge in [0.15, 0.2) is 12.4 Å². The second-order valence-electron chi connectivity index (χ2n) is 7.61. The molecule has 8 nitrogen and oxygen atoms in total. The molecule has 0 saturated carbocycles. The highest BCUT2D eigenvalue weighted by Crippen LogP contribution is 2.32. The molecule has 0 spiro atoms. The van der Waals surface area contributed by atoms with Crippen LogP contribution in [0.2, 0.25) is 0 Å². The van der Waals surface area contributed by atoms with Gasteiger partial charge in [0, 0.05) is 30.6 Å². The van der Waals surface area contributed by atoms with Gasteiger partial charge in [-0.15, -0.1) is 13.2 Å². The molecule has 1 N–H and O–H groups in total. The minimum atomic E-state index is -4.94. The molecular formula is C21H19F3N2O6S. The number of fused-ring (bicyclic) bond motifs is 1. The number of carbonyl (C=O) groups is 2. The summed E-state index contributed by atoms with van der Waals surface area (Å²) in [4.78, 5) is 24.1. The number of ketones is 1. The summed E-state index contributed by atoms with van der Waals surface area (Å²) in [6, 6.07) is 8.92. The third kappa shape index (κ3) is 5.11. The second-order valence-corrected chi connectivity index (χ2v) is 9.55. The molecule has 0 atom stereocenters. The lowest BCUT2D eigenvalue weighted by atomic mass is 9.89. The molecule has 2 heterocycles. The van der Waals surface area contributed by atoms with E-state index in [9.17, 15) is 31.2 Å². The fraction of sp³-hybridized carbons (Fsp3) is 0.333. The van der Waals surface area contributed by atoms with Crippen LogP contribution < -0.4 is 14.8 Å². The molecule has 12 heteroatoms. The van der Waals surface area contributed by atoms with Gasteiger partial charge in [-0.3, -0.25) is 9.59 Å². The Hall–Kier alpha value is -3.12. The number of nitrogens with one attached hydrogen (secondary N) is 1. The average Bonchev–Trinajstić information content (AvgIpc) is 2.77. The first kappa shape index (κ1) is 23.1. The number of Topliss-reactive ketones (excluding diaryl/α,β-unsaturated/α-hetero) is 1. The molecular weight excluding hydrogens is 465 g/mol. The van der Waals surface area contributed by atoms with Gasteiger partial charge in [0.05, 0.1) is 10.6 Å². The van der Waals surface area contributed by atoms with Crippen LogP contribution in [0.25, 0.3) is 0 Å². The number of hydrogen-bond donors (Lipinski definition) is 1. The number of halogens is 3. The summed E-state index contributed by atoms with van der Waals surface area (Å²) in [5.41, 5.74) is 0.774. The smallest absolute Gasteiger partial charge is 0.482 e. The maximum atomic E-state index is 12.9. The molecule has 176 valence electrons. The number of nitrogens with zero attached hydrogens (tertiary/aromatic N) is 1. The van der Waals surface area contributed by atoms with Gasteiger partial charge >= 0.3 is 6.36 Å². The van der Waals surface area contributed by atoms with Gasteiger partial charge < -0.3 is 14.8 Å². The molecule has 1 amide bonds. The van der Waals surface area contributed by atoms with Crippen LogP contribution in [0.15, 0.2) is 47.4 Å². The van der Waals surface area contributed by atoms with Crippen molar-refractivity contribution in [3.8, 4) is 11.5 Å². The first-order valence-corrected chi connectivity index (χ1v) is 11.4. The summed E-state index contributed by atoms with van der Waals surface area (Å²) in [6.45, 7) is -0.0275. The van der Waals surface area contributed by atoms with Gasteiger partial charge in [-0.2, -0.15) is 4.31 Å². The van der Waals surface area contributed by atoms with E-state index in [1.807, 2.05) is 0 Å². The van der Waals surface area contributed by atoms with Crippen molar-refractivity contribution in [2.75, 3.05) is 25.0 Å². The Labute approximate surface area is 187 Å². The van der Waals surface area contributed by atoms with E-state index in [0.717, 1.165) is 16.4 Å². The van der Waals surface area contributed by atoms with Crippen molar-refractivity contribution in [1.82, 2.24) is 4.31 Å². The number of hydrogen-bond acceptors (Lipinski definition) is 6. The maximum absolute atomic E-state index is 12.9. The lowest BCUT2D eigenvalue weighted by Gasteiger charge is -2.30. The summed E-state index contributed by atoms with van der Waals surface area (Å²) < 4.78 is 73.4. The predicted molar refractivity (Wildman–Crippen MR) is 110 cm³/mol. The summed E-state index contributed by atoms with van der Waals surface area (Å²) in [5.74, 6) is -1.11. The largest absolute Gasteiger partial charge is 0.573 e. The third-order valence-electron chi connectivity index (χ3n) is 5.40. The van der Waals surface area contributed by atoms with Gasteiger partial charge in [-0.05, 0) is 43.2 Å². The quantitative estimate of drug-likeness (QED) is 0.654. The van der Waals surface area contributed by atoms with Crippen molar-refractivity contribution in [1.29, 1.82) is 0 Å². The van der Waals surface area contributed by atoms with E-state index >= 15 is 0 Å². The van der Waals surface area contributed by atoms with Crippen LogP contribution in [0.3, 0.4) is 0 Å². The molecule has 2 aromatic rings. The van der Waals surface area contributed by atoms with Crippen molar-refractivity contribution >= 4 is 27.4 Å². The Balaban J connectivity index is 1.43. The van der Waals surface area contributed by atoms with E-state index in [2.05, 4.69) is 10.1 Å². The average molecular weight is 484 g/mol. The van der Waals surface area contributed by atoms with Crippen LogP contribution in [0.4, 0.5) is 18.9 Å². The molecule has 1 saturated heterocycles. The van der Waals surface area contributed by atoms with Crippen LogP contribution in [-0.4, -0.2) is 50.5 Å². The number of alkyl halides is 3. The zero-order chi connectivity index (χ0) is 23.8. The highest BCUT2D eigenvalue weighted by atomic mass is 32.2. The van der Waals surface area contributed by atoms with Crippen LogP contribution in [0, 0.1) is 5.92 Å². The van der Waals surface area contributed by atoms with E-state index in [1.54, 1.807) is 12.1 Å². The fourth-order valence-electron chi connectivity index (χ4n) is 3.81. The molecule has 0 aromatic heterocycles. The number of anilines is 1. The van der Waals surface area contributed by atoms with E-state index < -0.39 is 28.1 Å². The Kier molecular flexibility index (Phi) is 6.06. The zero-order valence-electron chi connectivity index (χ0n) is 17.1. The van der Waals surface area contributed by atoms with Crippen molar-refractivity contribution in [2.24, 2.45) is 5.92 Å². The number of amides is 1. The van der Waals surface area contributed by atoms with Crippen molar-refractivity contribution < 1.29 is 40.7 Å². The normalized spacial score (nSPS) is 17.6. The Bertz CT molecular complexity index is 1190. The van der Waals surface area contributed by atoms with Gasteiger partial charge in [0.1, 0.15) is 11.5 Å². The third-order valence-corrected chi connectivity index (χ3v) is 7.29. The van der Waals surface area contributed by atoms with Crippen LogP contribution in [0.5, 0.6) is 11.5 Å².